The quantitative estimate of drug-likeness (QED) is 0.781. The molecule has 0 fully saturated rings. The summed E-state index contributed by atoms with van der Waals surface area (Å²) >= 11 is 0. The predicted octanol–water partition coefficient (Wildman–Crippen LogP) is 3.70. The van der Waals surface area contributed by atoms with E-state index in [2.05, 4.69) is 60.3 Å². The first-order valence-corrected chi connectivity index (χ1v) is 9.40. The number of hydrogen-bond acceptors (Lipinski definition) is 3. The summed E-state index contributed by atoms with van der Waals surface area (Å²) in [6.45, 7) is 7.31. The minimum atomic E-state index is 0.359. The molecule has 26 heavy (non-hydrogen) atoms. The topological polar surface area (TPSA) is 47.7 Å². The van der Waals surface area contributed by atoms with Gasteiger partial charge < -0.3 is 5.32 Å². The van der Waals surface area contributed by atoms with E-state index in [-0.39, 0.29) is 0 Å². The van der Waals surface area contributed by atoms with Crippen LogP contribution in [0.25, 0.3) is 5.69 Å². The monoisotopic (exact) mass is 349 g/mol. The van der Waals surface area contributed by atoms with Gasteiger partial charge in [0.2, 0.25) is 0 Å². The molecule has 5 heteroatoms. The van der Waals surface area contributed by atoms with E-state index >= 15 is 0 Å². The average Bonchev–Trinajstić information content (AvgIpc) is 3.20. The number of aromatic nitrogens is 4. The number of benzene rings is 1. The highest BCUT2D eigenvalue weighted by Gasteiger charge is 2.25. The van der Waals surface area contributed by atoms with E-state index in [1.165, 1.54) is 45.7 Å². The molecule has 1 aliphatic carbocycles. The van der Waals surface area contributed by atoms with Gasteiger partial charge in [-0.05, 0) is 57.2 Å². The lowest BCUT2D eigenvalue weighted by Gasteiger charge is -2.24. The van der Waals surface area contributed by atoms with Crippen LogP contribution in [0.4, 0.5) is 0 Å². The second-order valence-corrected chi connectivity index (χ2v) is 7.38. The summed E-state index contributed by atoms with van der Waals surface area (Å²) in [5.41, 5.74) is 9.00. The summed E-state index contributed by atoms with van der Waals surface area (Å²) in [6, 6.07) is 6.81. The normalized spacial score (nSPS) is 16.7. The Balaban J connectivity index is 1.61. The van der Waals surface area contributed by atoms with E-state index in [0.29, 0.717) is 6.04 Å². The van der Waals surface area contributed by atoms with Crippen molar-refractivity contribution < 1.29 is 0 Å². The smallest absolute Gasteiger partial charge is 0.0680 e. The van der Waals surface area contributed by atoms with Gasteiger partial charge in [0.1, 0.15) is 0 Å². The third kappa shape index (κ3) is 2.86. The zero-order valence-corrected chi connectivity index (χ0v) is 16.1. The summed E-state index contributed by atoms with van der Waals surface area (Å²) in [7, 11) is 1.99. The second-order valence-electron chi connectivity index (χ2n) is 7.38. The summed E-state index contributed by atoms with van der Waals surface area (Å²) < 4.78 is 4.09. The molecule has 136 valence electrons. The Bertz CT molecular complexity index is 934. The molecule has 3 aromatic rings. The van der Waals surface area contributed by atoms with Crippen LogP contribution in [0.15, 0.2) is 30.6 Å². The van der Waals surface area contributed by atoms with Gasteiger partial charge in [-0.25, -0.2) is 4.68 Å². The van der Waals surface area contributed by atoms with E-state index < -0.39 is 0 Å². The molecular formula is C21H27N5. The van der Waals surface area contributed by atoms with Gasteiger partial charge in [-0.1, -0.05) is 12.1 Å². The van der Waals surface area contributed by atoms with Crippen LogP contribution >= 0.6 is 0 Å². The van der Waals surface area contributed by atoms with Crippen LogP contribution in [-0.4, -0.2) is 19.6 Å². The van der Waals surface area contributed by atoms with Crippen LogP contribution in [0, 0.1) is 20.8 Å². The molecule has 0 saturated heterocycles. The molecule has 2 aromatic heterocycles. The van der Waals surface area contributed by atoms with Crippen LogP contribution in [0.5, 0.6) is 0 Å². The van der Waals surface area contributed by atoms with Crippen molar-refractivity contribution in [3.05, 3.63) is 64.2 Å². The highest BCUT2D eigenvalue weighted by atomic mass is 15.3. The van der Waals surface area contributed by atoms with E-state index in [0.717, 1.165) is 19.4 Å². The van der Waals surface area contributed by atoms with Crippen LogP contribution in [0.1, 0.15) is 52.5 Å². The molecule has 1 aliphatic rings. The standard InChI is InChI=1S/C21H27N5/c1-14-7-5-9-20(15(14)2)26-21-10-6-8-19(18(21)13-24-26)22-11-17-12-23-25(4)16(17)3/h5,7,9,12-13,19,22H,6,8,10-11H2,1-4H3/t19-/m1/s1. The molecule has 0 unspecified atom stereocenters. The zero-order chi connectivity index (χ0) is 18.3. The van der Waals surface area contributed by atoms with Crippen molar-refractivity contribution in [3.63, 3.8) is 0 Å². The predicted molar refractivity (Wildman–Crippen MR) is 104 cm³/mol. The van der Waals surface area contributed by atoms with Crippen molar-refractivity contribution in [3.8, 4) is 5.69 Å². The van der Waals surface area contributed by atoms with Crippen LogP contribution in [0.2, 0.25) is 0 Å². The number of nitrogens with zero attached hydrogens (tertiary/aromatic N) is 4. The third-order valence-electron chi connectivity index (χ3n) is 5.86. The minimum absolute atomic E-state index is 0.359. The van der Waals surface area contributed by atoms with Gasteiger partial charge in [0.05, 0.1) is 18.1 Å². The molecule has 5 nitrogen and oxygen atoms in total. The Kier molecular flexibility index (Phi) is 4.41. The van der Waals surface area contributed by atoms with Gasteiger partial charge in [-0.15, -0.1) is 0 Å². The maximum Gasteiger partial charge on any atom is 0.0680 e. The Morgan fingerprint density at radius 3 is 2.77 bits per heavy atom. The maximum absolute atomic E-state index is 4.76. The number of aryl methyl sites for hydroxylation is 2. The molecule has 0 spiro atoms. The molecule has 0 aliphatic heterocycles. The summed E-state index contributed by atoms with van der Waals surface area (Å²) in [5, 5.41) is 12.8. The van der Waals surface area contributed by atoms with E-state index in [4.69, 9.17) is 5.10 Å². The highest BCUT2D eigenvalue weighted by Crippen LogP contribution is 2.32. The lowest BCUT2D eigenvalue weighted by atomic mass is 9.92. The van der Waals surface area contributed by atoms with Crippen LogP contribution in [0.3, 0.4) is 0 Å². The maximum atomic E-state index is 4.76. The fourth-order valence-electron chi connectivity index (χ4n) is 3.89. The molecule has 0 bridgehead atoms. The van der Waals surface area contributed by atoms with Gasteiger partial charge in [-0.3, -0.25) is 4.68 Å². The Labute approximate surface area is 155 Å². The van der Waals surface area contributed by atoms with Crippen molar-refractivity contribution >= 4 is 0 Å². The summed E-state index contributed by atoms with van der Waals surface area (Å²) in [6.07, 6.45) is 7.46. The molecule has 0 amide bonds. The lowest BCUT2D eigenvalue weighted by molar-refractivity contribution is 0.454. The zero-order valence-electron chi connectivity index (χ0n) is 16.1. The van der Waals surface area contributed by atoms with E-state index in [1.807, 2.05) is 17.9 Å². The van der Waals surface area contributed by atoms with Crippen molar-refractivity contribution in [1.29, 1.82) is 0 Å². The molecule has 1 aromatic carbocycles. The Morgan fingerprint density at radius 2 is 2.00 bits per heavy atom. The molecule has 1 N–H and O–H groups in total. The lowest BCUT2D eigenvalue weighted by Crippen LogP contribution is -2.25. The minimum Gasteiger partial charge on any atom is -0.306 e. The van der Waals surface area contributed by atoms with Crippen molar-refractivity contribution in [2.45, 2.75) is 52.6 Å². The first kappa shape index (κ1) is 17.0. The van der Waals surface area contributed by atoms with Gasteiger partial charge in [0.25, 0.3) is 0 Å². The van der Waals surface area contributed by atoms with E-state index in [1.54, 1.807) is 0 Å². The fourth-order valence-corrected chi connectivity index (χ4v) is 3.89. The molecule has 1 atom stereocenters. The SMILES string of the molecule is Cc1cccc(-n2ncc3c2CCC[C@H]3NCc2cnn(C)c2C)c1C. The average molecular weight is 349 g/mol. The van der Waals surface area contributed by atoms with Crippen molar-refractivity contribution in [2.75, 3.05) is 0 Å². The Hall–Kier alpha value is -2.40. The molecule has 4 rings (SSSR count). The van der Waals surface area contributed by atoms with Crippen LogP contribution < -0.4 is 5.32 Å². The molecular weight excluding hydrogens is 322 g/mol. The van der Waals surface area contributed by atoms with Gasteiger partial charge in [0, 0.05) is 42.1 Å². The molecule has 2 heterocycles. The first-order chi connectivity index (χ1) is 12.6. The third-order valence-corrected chi connectivity index (χ3v) is 5.86. The van der Waals surface area contributed by atoms with Crippen molar-refractivity contribution in [2.24, 2.45) is 7.05 Å². The van der Waals surface area contributed by atoms with Crippen LogP contribution in [-0.2, 0) is 20.0 Å². The summed E-state index contributed by atoms with van der Waals surface area (Å²) in [4.78, 5) is 0. The fraction of sp³-hybridized carbons (Fsp3) is 0.429. The van der Waals surface area contributed by atoms with E-state index in [9.17, 15) is 0 Å². The number of nitrogens with one attached hydrogen (secondary N) is 1. The number of fused-ring (bicyclic) bond motifs is 1. The first-order valence-electron chi connectivity index (χ1n) is 9.40. The number of rotatable bonds is 4. The molecule has 0 saturated carbocycles. The Morgan fingerprint density at radius 1 is 1.15 bits per heavy atom. The highest BCUT2D eigenvalue weighted by molar-refractivity contribution is 5.46. The van der Waals surface area contributed by atoms with Crippen molar-refractivity contribution in [1.82, 2.24) is 24.9 Å². The summed E-state index contributed by atoms with van der Waals surface area (Å²) in [5.74, 6) is 0. The molecule has 0 radical (unpaired) electrons. The van der Waals surface area contributed by atoms with Gasteiger partial charge in [-0.2, -0.15) is 10.2 Å². The van der Waals surface area contributed by atoms with Gasteiger partial charge >= 0.3 is 0 Å². The largest absolute Gasteiger partial charge is 0.306 e. The second kappa shape index (κ2) is 6.72. The number of hydrogen-bond donors (Lipinski definition) is 1. The van der Waals surface area contributed by atoms with Gasteiger partial charge in [0.15, 0.2) is 0 Å².